The van der Waals surface area contributed by atoms with Crippen LogP contribution in [-0.2, 0) is 11.8 Å². The fraction of sp³-hybridized carbons (Fsp3) is 0.286. The van der Waals surface area contributed by atoms with Gasteiger partial charge in [0.25, 0.3) is 0 Å². The predicted molar refractivity (Wildman–Crippen MR) is 89.2 cm³/mol. The number of carbonyl (C=O) groups is 1. The third-order valence-electron chi connectivity index (χ3n) is 3.10. The number of aromatic nitrogens is 4. The maximum absolute atomic E-state index is 12.4. The zero-order valence-electron chi connectivity index (χ0n) is 12.2. The van der Waals surface area contributed by atoms with Crippen molar-refractivity contribution in [1.82, 2.24) is 19.7 Å². The van der Waals surface area contributed by atoms with Crippen LogP contribution in [0, 0.1) is 0 Å². The largest absolute Gasteiger partial charge is 0.312 e. The van der Waals surface area contributed by atoms with Crippen molar-refractivity contribution in [3.05, 3.63) is 30.6 Å². The van der Waals surface area contributed by atoms with E-state index in [0.717, 1.165) is 15.4 Å². The Morgan fingerprint density at radius 2 is 2.27 bits per heavy atom. The molecule has 0 bridgehead atoms. The van der Waals surface area contributed by atoms with Gasteiger partial charge < -0.3 is 9.88 Å². The van der Waals surface area contributed by atoms with E-state index in [1.54, 1.807) is 10.9 Å². The van der Waals surface area contributed by atoms with Gasteiger partial charge in [-0.05, 0) is 18.6 Å². The lowest BCUT2D eigenvalue weighted by Crippen LogP contribution is -2.24. The summed E-state index contributed by atoms with van der Waals surface area (Å²) in [5, 5.41) is 11.9. The maximum atomic E-state index is 12.4. The fourth-order valence-corrected chi connectivity index (χ4v) is 3.70. The SMILES string of the molecule is CC[C@H](Sc1nncn1C)C(=O)Nc1nc2ccccc2s1. The molecule has 1 amide bonds. The lowest BCUT2D eigenvalue weighted by molar-refractivity contribution is -0.115. The lowest BCUT2D eigenvalue weighted by Gasteiger charge is -2.12. The first-order valence-corrected chi connectivity index (χ1v) is 8.54. The predicted octanol–water partition coefficient (Wildman–Crippen LogP) is 2.93. The molecule has 2 aromatic heterocycles. The normalized spacial score (nSPS) is 12.5. The van der Waals surface area contributed by atoms with Gasteiger partial charge in [-0.1, -0.05) is 42.2 Å². The number of nitrogens with zero attached hydrogens (tertiary/aromatic N) is 4. The number of thioether (sulfide) groups is 1. The second-order valence-electron chi connectivity index (χ2n) is 4.72. The molecule has 1 aromatic carbocycles. The summed E-state index contributed by atoms with van der Waals surface area (Å²) in [6, 6.07) is 7.83. The highest BCUT2D eigenvalue weighted by Gasteiger charge is 2.21. The second-order valence-corrected chi connectivity index (χ2v) is 6.92. The van der Waals surface area contributed by atoms with Crippen LogP contribution in [0.3, 0.4) is 0 Å². The van der Waals surface area contributed by atoms with Gasteiger partial charge in [0.05, 0.1) is 15.5 Å². The van der Waals surface area contributed by atoms with Gasteiger partial charge in [0.1, 0.15) is 6.33 Å². The van der Waals surface area contributed by atoms with Crippen LogP contribution in [0.25, 0.3) is 10.2 Å². The van der Waals surface area contributed by atoms with Crippen LogP contribution in [0.4, 0.5) is 5.13 Å². The van der Waals surface area contributed by atoms with Gasteiger partial charge in [-0.25, -0.2) is 4.98 Å². The van der Waals surface area contributed by atoms with Gasteiger partial charge >= 0.3 is 0 Å². The molecule has 0 saturated heterocycles. The lowest BCUT2D eigenvalue weighted by atomic mass is 10.3. The van der Waals surface area contributed by atoms with E-state index in [1.165, 1.54) is 23.1 Å². The molecule has 0 radical (unpaired) electrons. The van der Waals surface area contributed by atoms with Crippen molar-refractivity contribution in [2.24, 2.45) is 7.05 Å². The Morgan fingerprint density at radius 3 is 2.95 bits per heavy atom. The summed E-state index contributed by atoms with van der Waals surface area (Å²) >= 11 is 2.89. The topological polar surface area (TPSA) is 72.7 Å². The molecule has 0 fully saturated rings. The molecule has 22 heavy (non-hydrogen) atoms. The van der Waals surface area contributed by atoms with E-state index in [1.807, 2.05) is 38.2 Å². The summed E-state index contributed by atoms with van der Waals surface area (Å²) < 4.78 is 2.87. The number of carbonyl (C=O) groups excluding carboxylic acids is 1. The number of nitrogens with one attached hydrogen (secondary N) is 1. The third-order valence-corrected chi connectivity index (χ3v) is 5.47. The molecule has 1 N–H and O–H groups in total. The van der Waals surface area contributed by atoms with E-state index in [9.17, 15) is 4.79 Å². The van der Waals surface area contributed by atoms with Crippen molar-refractivity contribution in [3.8, 4) is 0 Å². The number of hydrogen-bond acceptors (Lipinski definition) is 6. The van der Waals surface area contributed by atoms with Gasteiger partial charge in [0.2, 0.25) is 5.91 Å². The van der Waals surface area contributed by atoms with Crippen molar-refractivity contribution in [2.45, 2.75) is 23.8 Å². The van der Waals surface area contributed by atoms with Crippen molar-refractivity contribution in [1.29, 1.82) is 0 Å². The van der Waals surface area contributed by atoms with Crippen molar-refractivity contribution < 1.29 is 4.79 Å². The minimum Gasteiger partial charge on any atom is -0.312 e. The Balaban J connectivity index is 1.72. The van der Waals surface area contributed by atoms with Gasteiger partial charge in [-0.2, -0.15) is 0 Å². The molecule has 0 spiro atoms. The minimum atomic E-state index is -0.227. The molecule has 0 aliphatic heterocycles. The monoisotopic (exact) mass is 333 g/mol. The highest BCUT2D eigenvalue weighted by molar-refractivity contribution is 8.00. The van der Waals surface area contributed by atoms with E-state index in [-0.39, 0.29) is 11.2 Å². The molecule has 2 heterocycles. The second kappa shape index (κ2) is 6.45. The maximum Gasteiger partial charge on any atom is 0.239 e. The van der Waals surface area contributed by atoms with E-state index >= 15 is 0 Å². The Hall–Kier alpha value is -1.93. The van der Waals surface area contributed by atoms with E-state index < -0.39 is 0 Å². The minimum absolute atomic E-state index is 0.0606. The number of anilines is 1. The molecule has 0 saturated carbocycles. The van der Waals surface area contributed by atoms with Crippen LogP contribution >= 0.6 is 23.1 Å². The summed E-state index contributed by atoms with van der Waals surface area (Å²) in [4.78, 5) is 16.9. The number of hydrogen-bond donors (Lipinski definition) is 1. The van der Waals surface area contributed by atoms with Crippen molar-refractivity contribution in [2.75, 3.05) is 5.32 Å². The van der Waals surface area contributed by atoms with Crippen LogP contribution in [-0.4, -0.2) is 30.9 Å². The quantitative estimate of drug-likeness (QED) is 0.727. The van der Waals surface area contributed by atoms with Crippen molar-refractivity contribution >= 4 is 44.4 Å². The summed E-state index contributed by atoms with van der Waals surface area (Å²) in [6.45, 7) is 1.98. The van der Waals surface area contributed by atoms with Crippen LogP contribution in [0.2, 0.25) is 0 Å². The number of benzene rings is 1. The Labute approximate surface area is 136 Å². The number of para-hydroxylation sites is 1. The number of fused-ring (bicyclic) bond motifs is 1. The average Bonchev–Trinajstić information content (AvgIpc) is 3.10. The van der Waals surface area contributed by atoms with Crippen molar-refractivity contribution in [3.63, 3.8) is 0 Å². The van der Waals surface area contributed by atoms with Gasteiger partial charge in [-0.15, -0.1) is 10.2 Å². The fourth-order valence-electron chi connectivity index (χ4n) is 1.94. The molecule has 114 valence electrons. The molecular formula is C14H15N5OS2. The molecule has 0 unspecified atom stereocenters. The highest BCUT2D eigenvalue weighted by Crippen LogP contribution is 2.28. The standard InChI is InChI=1S/C14H15N5OS2/c1-3-10(22-14-18-15-8-19(14)2)12(20)17-13-16-9-6-4-5-7-11(9)21-13/h4-8,10H,3H2,1-2H3,(H,16,17,20)/t10-/m0/s1. The van der Waals surface area contributed by atoms with Gasteiger partial charge in [0.15, 0.2) is 10.3 Å². The highest BCUT2D eigenvalue weighted by atomic mass is 32.2. The molecule has 0 aliphatic rings. The summed E-state index contributed by atoms with van der Waals surface area (Å²) in [7, 11) is 1.86. The first-order chi connectivity index (χ1) is 10.7. The smallest absolute Gasteiger partial charge is 0.239 e. The van der Waals surface area contributed by atoms with Crippen LogP contribution in [0.1, 0.15) is 13.3 Å². The summed E-state index contributed by atoms with van der Waals surface area (Å²) in [6.07, 6.45) is 2.33. The molecular weight excluding hydrogens is 318 g/mol. The van der Waals surface area contributed by atoms with E-state index in [0.29, 0.717) is 11.6 Å². The molecule has 3 rings (SSSR count). The molecule has 0 aliphatic carbocycles. The van der Waals surface area contributed by atoms with Crippen LogP contribution in [0.5, 0.6) is 0 Å². The molecule has 6 nitrogen and oxygen atoms in total. The molecule has 3 aromatic rings. The van der Waals surface area contributed by atoms with E-state index in [4.69, 9.17) is 0 Å². The summed E-state index contributed by atoms with van der Waals surface area (Å²) in [5.41, 5.74) is 0.900. The number of rotatable bonds is 5. The Kier molecular flexibility index (Phi) is 4.39. The van der Waals surface area contributed by atoms with Gasteiger partial charge in [-0.3, -0.25) is 4.79 Å². The molecule has 8 heteroatoms. The average molecular weight is 333 g/mol. The molecule has 1 atom stereocenters. The van der Waals surface area contributed by atoms with E-state index in [2.05, 4.69) is 20.5 Å². The number of aryl methyl sites for hydroxylation is 1. The third kappa shape index (κ3) is 3.12. The Morgan fingerprint density at radius 1 is 1.45 bits per heavy atom. The van der Waals surface area contributed by atoms with Crippen LogP contribution < -0.4 is 5.32 Å². The zero-order valence-corrected chi connectivity index (χ0v) is 13.8. The summed E-state index contributed by atoms with van der Waals surface area (Å²) in [5.74, 6) is -0.0606. The number of amides is 1. The number of thiazole rings is 1. The van der Waals surface area contributed by atoms with Crippen LogP contribution in [0.15, 0.2) is 35.7 Å². The first-order valence-electron chi connectivity index (χ1n) is 6.84. The van der Waals surface area contributed by atoms with Gasteiger partial charge in [0, 0.05) is 7.05 Å². The first kappa shape index (κ1) is 15.0. The zero-order chi connectivity index (χ0) is 15.5. The Bertz CT molecular complexity index is 764.